The zero-order valence-electron chi connectivity index (χ0n) is 11.6. The first-order valence-corrected chi connectivity index (χ1v) is 7.53. The van der Waals surface area contributed by atoms with Gasteiger partial charge in [-0.1, -0.05) is 46.3 Å². The van der Waals surface area contributed by atoms with Gasteiger partial charge in [0.2, 0.25) is 0 Å². The van der Waals surface area contributed by atoms with Gasteiger partial charge < -0.3 is 9.73 Å². The van der Waals surface area contributed by atoms with Crippen LogP contribution in [0.25, 0.3) is 11.3 Å². The van der Waals surface area contributed by atoms with Crippen molar-refractivity contribution in [1.29, 1.82) is 0 Å². The van der Waals surface area contributed by atoms with Gasteiger partial charge in [0.05, 0.1) is 6.20 Å². The second kappa shape index (κ2) is 6.14. The normalized spacial score (nSPS) is 12.1. The van der Waals surface area contributed by atoms with Crippen molar-refractivity contribution in [1.82, 2.24) is 4.98 Å². The molecule has 3 aromatic rings. The molecule has 106 valence electrons. The SMILES string of the molecule is CC(Nc1cccc(-c2cnco2)c1)c1ccccc1Br. The van der Waals surface area contributed by atoms with Crippen molar-refractivity contribution in [3.63, 3.8) is 0 Å². The first-order chi connectivity index (χ1) is 10.2. The fourth-order valence-electron chi connectivity index (χ4n) is 2.27. The van der Waals surface area contributed by atoms with Gasteiger partial charge in [0, 0.05) is 21.8 Å². The molecule has 2 aromatic carbocycles. The smallest absolute Gasteiger partial charge is 0.181 e. The zero-order valence-corrected chi connectivity index (χ0v) is 13.2. The molecule has 0 amide bonds. The van der Waals surface area contributed by atoms with Crippen molar-refractivity contribution in [2.45, 2.75) is 13.0 Å². The summed E-state index contributed by atoms with van der Waals surface area (Å²) in [5, 5.41) is 3.51. The van der Waals surface area contributed by atoms with E-state index in [0.29, 0.717) is 0 Å². The van der Waals surface area contributed by atoms with E-state index in [9.17, 15) is 0 Å². The van der Waals surface area contributed by atoms with E-state index in [4.69, 9.17) is 4.42 Å². The van der Waals surface area contributed by atoms with Crippen LogP contribution in [0, 0.1) is 0 Å². The average Bonchev–Trinajstić information content (AvgIpc) is 3.02. The molecule has 0 bridgehead atoms. The Morgan fingerprint density at radius 1 is 1.14 bits per heavy atom. The maximum atomic E-state index is 5.34. The molecule has 3 rings (SSSR count). The van der Waals surface area contributed by atoms with Crippen LogP contribution in [0.2, 0.25) is 0 Å². The van der Waals surface area contributed by atoms with E-state index in [1.54, 1.807) is 6.20 Å². The Hall–Kier alpha value is -2.07. The summed E-state index contributed by atoms with van der Waals surface area (Å²) in [6.45, 7) is 2.14. The summed E-state index contributed by atoms with van der Waals surface area (Å²) in [5.74, 6) is 0.771. The molecule has 1 atom stereocenters. The van der Waals surface area contributed by atoms with E-state index >= 15 is 0 Å². The van der Waals surface area contributed by atoms with Crippen molar-refractivity contribution >= 4 is 21.6 Å². The lowest BCUT2D eigenvalue weighted by Gasteiger charge is -2.17. The van der Waals surface area contributed by atoms with Crippen LogP contribution in [0.3, 0.4) is 0 Å². The van der Waals surface area contributed by atoms with E-state index in [1.807, 2.05) is 30.3 Å². The summed E-state index contributed by atoms with van der Waals surface area (Å²) in [6.07, 6.45) is 3.16. The molecule has 0 saturated heterocycles. The van der Waals surface area contributed by atoms with Gasteiger partial charge in [0.25, 0.3) is 0 Å². The van der Waals surface area contributed by atoms with Crippen LogP contribution in [-0.4, -0.2) is 4.98 Å². The van der Waals surface area contributed by atoms with Crippen molar-refractivity contribution in [2.24, 2.45) is 0 Å². The molecular weight excluding hydrogens is 328 g/mol. The molecule has 0 aliphatic heterocycles. The highest BCUT2D eigenvalue weighted by Crippen LogP contribution is 2.28. The predicted octanol–water partition coefficient (Wildman–Crippen LogP) is 5.28. The molecule has 21 heavy (non-hydrogen) atoms. The third kappa shape index (κ3) is 3.16. The lowest BCUT2D eigenvalue weighted by Crippen LogP contribution is -2.07. The summed E-state index contributed by atoms with van der Waals surface area (Å²) < 4.78 is 6.44. The molecule has 0 fully saturated rings. The van der Waals surface area contributed by atoms with Gasteiger partial charge in [0.1, 0.15) is 0 Å². The van der Waals surface area contributed by atoms with E-state index in [2.05, 4.69) is 51.4 Å². The summed E-state index contributed by atoms with van der Waals surface area (Å²) in [7, 11) is 0. The first kappa shape index (κ1) is 13.9. The van der Waals surface area contributed by atoms with Crippen molar-refractivity contribution in [3.05, 3.63) is 71.2 Å². The monoisotopic (exact) mass is 342 g/mol. The molecule has 4 heteroatoms. The van der Waals surface area contributed by atoms with Crippen LogP contribution in [0.5, 0.6) is 0 Å². The van der Waals surface area contributed by atoms with Gasteiger partial charge in [-0.25, -0.2) is 4.98 Å². The minimum absolute atomic E-state index is 0.200. The molecular formula is C17H15BrN2O. The Morgan fingerprint density at radius 3 is 2.76 bits per heavy atom. The van der Waals surface area contributed by atoms with Crippen molar-refractivity contribution < 1.29 is 4.42 Å². The fourth-order valence-corrected chi connectivity index (χ4v) is 2.90. The minimum Gasteiger partial charge on any atom is -0.444 e. The van der Waals surface area contributed by atoms with E-state index in [-0.39, 0.29) is 6.04 Å². The largest absolute Gasteiger partial charge is 0.444 e. The number of hydrogen-bond acceptors (Lipinski definition) is 3. The third-order valence-electron chi connectivity index (χ3n) is 3.33. The second-order valence-electron chi connectivity index (χ2n) is 4.83. The second-order valence-corrected chi connectivity index (χ2v) is 5.69. The van der Waals surface area contributed by atoms with Crippen LogP contribution in [-0.2, 0) is 0 Å². The molecule has 0 radical (unpaired) electrons. The highest BCUT2D eigenvalue weighted by molar-refractivity contribution is 9.10. The van der Waals surface area contributed by atoms with Gasteiger partial charge in [-0.3, -0.25) is 0 Å². The number of aromatic nitrogens is 1. The molecule has 0 aliphatic carbocycles. The first-order valence-electron chi connectivity index (χ1n) is 6.74. The molecule has 3 nitrogen and oxygen atoms in total. The molecule has 1 heterocycles. The Kier molecular flexibility index (Phi) is 4.06. The Bertz CT molecular complexity index is 725. The maximum absolute atomic E-state index is 5.34. The lowest BCUT2D eigenvalue weighted by atomic mass is 10.1. The van der Waals surface area contributed by atoms with E-state index in [1.165, 1.54) is 12.0 Å². The van der Waals surface area contributed by atoms with Gasteiger partial charge >= 0.3 is 0 Å². The number of nitrogens with one attached hydrogen (secondary N) is 1. The predicted molar refractivity (Wildman–Crippen MR) is 88.1 cm³/mol. The number of halogens is 1. The maximum Gasteiger partial charge on any atom is 0.181 e. The lowest BCUT2D eigenvalue weighted by molar-refractivity contribution is 0.572. The van der Waals surface area contributed by atoms with Crippen molar-refractivity contribution in [3.8, 4) is 11.3 Å². The van der Waals surface area contributed by atoms with Gasteiger partial charge in [-0.2, -0.15) is 0 Å². The summed E-state index contributed by atoms with van der Waals surface area (Å²) in [6, 6.07) is 16.6. The summed E-state index contributed by atoms with van der Waals surface area (Å²) in [5.41, 5.74) is 3.28. The number of benzene rings is 2. The summed E-state index contributed by atoms with van der Waals surface area (Å²) >= 11 is 3.59. The number of hydrogen-bond donors (Lipinski definition) is 1. The zero-order chi connectivity index (χ0) is 14.7. The number of anilines is 1. The van der Waals surface area contributed by atoms with E-state index < -0.39 is 0 Å². The van der Waals surface area contributed by atoms with Gasteiger partial charge in [-0.15, -0.1) is 0 Å². The number of rotatable bonds is 4. The van der Waals surface area contributed by atoms with Crippen LogP contribution >= 0.6 is 15.9 Å². The Morgan fingerprint density at radius 2 is 2.00 bits per heavy atom. The minimum atomic E-state index is 0.200. The van der Waals surface area contributed by atoms with Crippen LogP contribution in [0.1, 0.15) is 18.5 Å². The summed E-state index contributed by atoms with van der Waals surface area (Å²) in [4.78, 5) is 3.96. The highest BCUT2D eigenvalue weighted by Gasteiger charge is 2.09. The average molecular weight is 343 g/mol. The van der Waals surface area contributed by atoms with E-state index in [0.717, 1.165) is 21.5 Å². The van der Waals surface area contributed by atoms with Gasteiger partial charge in [0.15, 0.2) is 12.2 Å². The fraction of sp³-hybridized carbons (Fsp3) is 0.118. The van der Waals surface area contributed by atoms with Crippen molar-refractivity contribution in [2.75, 3.05) is 5.32 Å². The quantitative estimate of drug-likeness (QED) is 0.701. The standard InChI is InChI=1S/C17H15BrN2O/c1-12(15-7-2-3-8-16(15)18)20-14-6-4-5-13(9-14)17-10-19-11-21-17/h2-12,20H,1H3. The highest BCUT2D eigenvalue weighted by atomic mass is 79.9. The third-order valence-corrected chi connectivity index (χ3v) is 4.06. The Balaban J connectivity index is 1.82. The topological polar surface area (TPSA) is 38.1 Å². The molecule has 0 spiro atoms. The molecule has 0 aliphatic rings. The van der Waals surface area contributed by atoms with Crippen LogP contribution in [0.4, 0.5) is 5.69 Å². The van der Waals surface area contributed by atoms with Crippen LogP contribution < -0.4 is 5.32 Å². The molecule has 1 unspecified atom stereocenters. The molecule has 1 aromatic heterocycles. The molecule has 1 N–H and O–H groups in total. The van der Waals surface area contributed by atoms with Gasteiger partial charge in [-0.05, 0) is 30.7 Å². The number of nitrogens with zero attached hydrogens (tertiary/aromatic N) is 1. The Labute approximate surface area is 132 Å². The van der Waals surface area contributed by atoms with Crippen LogP contribution in [0.15, 0.2) is 70.0 Å². The molecule has 0 saturated carbocycles. The number of oxazole rings is 1.